The van der Waals surface area contributed by atoms with E-state index in [1.54, 1.807) is 24.3 Å². The fourth-order valence-corrected chi connectivity index (χ4v) is 2.81. The normalized spacial score (nSPS) is 16.8. The van der Waals surface area contributed by atoms with E-state index in [0.717, 1.165) is 12.8 Å². The summed E-state index contributed by atoms with van der Waals surface area (Å²) in [6.07, 6.45) is 3.15. The second-order valence-corrected chi connectivity index (χ2v) is 6.75. The lowest BCUT2D eigenvalue weighted by Gasteiger charge is -2.09. The number of non-ortho nitro benzene ring substituents is 1. The minimum absolute atomic E-state index is 0.0168. The highest BCUT2D eigenvalue weighted by Crippen LogP contribution is 2.34. The number of rotatable bonds is 6. The van der Waals surface area contributed by atoms with E-state index in [1.165, 1.54) is 31.4 Å². The number of carbonyl (C=O) groups is 2. The summed E-state index contributed by atoms with van der Waals surface area (Å²) in [7, 11) is 1.45. The summed E-state index contributed by atoms with van der Waals surface area (Å²) in [5.41, 5.74) is 0.793. The molecule has 0 saturated heterocycles. The maximum absolute atomic E-state index is 12.2. The van der Waals surface area contributed by atoms with Crippen molar-refractivity contribution in [3.05, 3.63) is 69.4 Å². The molecule has 30 heavy (non-hydrogen) atoms. The second-order valence-electron chi connectivity index (χ2n) is 6.75. The Morgan fingerprint density at radius 2 is 2.03 bits per heavy atom. The molecule has 0 radical (unpaired) electrons. The van der Waals surface area contributed by atoms with Gasteiger partial charge in [0.05, 0.1) is 18.0 Å². The Morgan fingerprint density at radius 3 is 2.73 bits per heavy atom. The number of ether oxygens (including phenoxy) is 3. The first kappa shape index (κ1) is 19.3. The Balaban J connectivity index is 1.59. The molecule has 1 aliphatic carbocycles. The summed E-state index contributed by atoms with van der Waals surface area (Å²) in [6, 6.07) is 10.5. The van der Waals surface area contributed by atoms with Crippen molar-refractivity contribution in [3.8, 4) is 11.5 Å². The molecule has 0 bridgehead atoms. The topological polar surface area (TPSA) is 117 Å². The van der Waals surface area contributed by atoms with Gasteiger partial charge >= 0.3 is 11.9 Å². The molecular formula is C21H16N2O7. The molecule has 9 heteroatoms. The molecule has 2 aromatic rings. The van der Waals surface area contributed by atoms with Gasteiger partial charge in [-0.1, -0.05) is 12.1 Å². The van der Waals surface area contributed by atoms with Crippen molar-refractivity contribution in [2.45, 2.75) is 12.8 Å². The lowest BCUT2D eigenvalue weighted by molar-refractivity contribution is -0.384. The highest BCUT2D eigenvalue weighted by Gasteiger charge is 2.32. The number of nitrogens with zero attached hydrogens (tertiary/aromatic N) is 2. The van der Waals surface area contributed by atoms with Crippen molar-refractivity contribution >= 4 is 29.6 Å². The molecule has 1 aliphatic heterocycles. The van der Waals surface area contributed by atoms with Gasteiger partial charge in [0.1, 0.15) is 0 Å². The SMILES string of the molecule is COc1cc(/C=C2\N=C(c3cccc([N+](=O)[O-])c3)OC2=O)ccc1OC(=O)C1CC1. The van der Waals surface area contributed by atoms with Crippen LogP contribution in [-0.4, -0.2) is 29.9 Å². The molecule has 0 amide bonds. The zero-order valence-corrected chi connectivity index (χ0v) is 15.9. The standard InChI is InChI=1S/C21H16N2O7/c1-28-18-10-12(5-8-17(18)29-20(24)13-6-7-13)9-16-21(25)30-19(22-16)14-3-2-4-15(11-14)23(26)27/h2-5,8-11,13H,6-7H2,1H3/b16-9-. The number of nitro benzene ring substituents is 1. The number of hydrogen-bond acceptors (Lipinski definition) is 8. The van der Waals surface area contributed by atoms with Gasteiger partial charge in [-0.2, -0.15) is 0 Å². The quantitative estimate of drug-likeness (QED) is 0.237. The van der Waals surface area contributed by atoms with Gasteiger partial charge in [0, 0.05) is 17.7 Å². The third kappa shape index (κ3) is 4.04. The van der Waals surface area contributed by atoms with E-state index in [2.05, 4.69) is 4.99 Å². The van der Waals surface area contributed by atoms with E-state index >= 15 is 0 Å². The van der Waals surface area contributed by atoms with Gasteiger partial charge in [0.2, 0.25) is 5.90 Å². The van der Waals surface area contributed by atoms with Crippen molar-refractivity contribution in [1.82, 2.24) is 0 Å². The van der Waals surface area contributed by atoms with Crippen LogP contribution in [0.25, 0.3) is 6.08 Å². The third-order valence-corrected chi connectivity index (χ3v) is 4.54. The number of nitro groups is 1. The molecular weight excluding hydrogens is 392 g/mol. The molecule has 0 aromatic heterocycles. The molecule has 9 nitrogen and oxygen atoms in total. The van der Waals surface area contributed by atoms with Crippen LogP contribution >= 0.6 is 0 Å². The minimum atomic E-state index is -0.681. The second kappa shape index (κ2) is 7.78. The molecule has 0 spiro atoms. The summed E-state index contributed by atoms with van der Waals surface area (Å²) in [5.74, 6) is -0.396. The maximum Gasteiger partial charge on any atom is 0.363 e. The van der Waals surface area contributed by atoms with Crippen LogP contribution in [0, 0.1) is 16.0 Å². The Bertz CT molecular complexity index is 1120. The van der Waals surface area contributed by atoms with Gasteiger partial charge in [-0.25, -0.2) is 9.79 Å². The molecule has 152 valence electrons. The first-order chi connectivity index (χ1) is 14.4. The van der Waals surface area contributed by atoms with E-state index in [-0.39, 0.29) is 29.2 Å². The van der Waals surface area contributed by atoms with E-state index in [1.807, 2.05) is 0 Å². The monoisotopic (exact) mass is 408 g/mol. The van der Waals surface area contributed by atoms with Crippen LogP contribution in [0.1, 0.15) is 24.0 Å². The lowest BCUT2D eigenvalue weighted by atomic mass is 10.1. The summed E-state index contributed by atoms with van der Waals surface area (Å²) in [6.45, 7) is 0. The minimum Gasteiger partial charge on any atom is -0.493 e. The van der Waals surface area contributed by atoms with Gasteiger partial charge in [0.25, 0.3) is 5.69 Å². The number of aliphatic imine (C=N–C) groups is 1. The number of esters is 2. The molecule has 1 fully saturated rings. The van der Waals surface area contributed by atoms with Crippen LogP contribution in [0.4, 0.5) is 5.69 Å². The molecule has 1 heterocycles. The van der Waals surface area contributed by atoms with Crippen molar-refractivity contribution in [2.24, 2.45) is 10.9 Å². The first-order valence-electron chi connectivity index (χ1n) is 9.12. The predicted molar refractivity (Wildman–Crippen MR) is 105 cm³/mol. The predicted octanol–water partition coefficient (Wildman–Crippen LogP) is 3.26. The molecule has 0 atom stereocenters. The number of cyclic esters (lactones) is 1. The van der Waals surface area contributed by atoms with Gasteiger partial charge in [-0.3, -0.25) is 14.9 Å². The molecule has 2 aromatic carbocycles. The van der Waals surface area contributed by atoms with E-state index in [4.69, 9.17) is 14.2 Å². The molecule has 0 unspecified atom stereocenters. The zero-order chi connectivity index (χ0) is 21.3. The summed E-state index contributed by atoms with van der Waals surface area (Å²) in [4.78, 5) is 38.6. The highest BCUT2D eigenvalue weighted by atomic mass is 16.6. The summed E-state index contributed by atoms with van der Waals surface area (Å²) < 4.78 is 15.8. The molecule has 1 saturated carbocycles. The zero-order valence-electron chi connectivity index (χ0n) is 15.9. The average molecular weight is 408 g/mol. The molecule has 0 N–H and O–H groups in total. The molecule has 2 aliphatic rings. The van der Waals surface area contributed by atoms with Crippen LogP contribution in [0.15, 0.2) is 53.2 Å². The molecule has 4 rings (SSSR count). The Labute approximate surface area is 170 Å². The highest BCUT2D eigenvalue weighted by molar-refractivity contribution is 6.13. The average Bonchev–Trinajstić information content (AvgIpc) is 3.53. The fraction of sp³-hybridized carbons (Fsp3) is 0.190. The van der Waals surface area contributed by atoms with E-state index < -0.39 is 10.9 Å². The van der Waals surface area contributed by atoms with Crippen molar-refractivity contribution in [3.63, 3.8) is 0 Å². The maximum atomic E-state index is 12.2. The smallest absolute Gasteiger partial charge is 0.363 e. The Kier molecular flexibility index (Phi) is 5.01. The number of benzene rings is 2. The Morgan fingerprint density at radius 1 is 1.23 bits per heavy atom. The lowest BCUT2D eigenvalue weighted by Crippen LogP contribution is -2.10. The van der Waals surface area contributed by atoms with Gasteiger partial charge in [-0.05, 0) is 42.7 Å². The summed E-state index contributed by atoms with van der Waals surface area (Å²) >= 11 is 0. The van der Waals surface area contributed by atoms with Gasteiger partial charge < -0.3 is 14.2 Å². The van der Waals surface area contributed by atoms with Crippen LogP contribution in [0.3, 0.4) is 0 Å². The first-order valence-corrected chi connectivity index (χ1v) is 9.12. The third-order valence-electron chi connectivity index (χ3n) is 4.54. The van der Waals surface area contributed by atoms with Crippen LogP contribution in [0.5, 0.6) is 11.5 Å². The van der Waals surface area contributed by atoms with Crippen LogP contribution < -0.4 is 9.47 Å². The fourth-order valence-electron chi connectivity index (χ4n) is 2.81. The van der Waals surface area contributed by atoms with Crippen molar-refractivity contribution in [2.75, 3.05) is 7.11 Å². The summed E-state index contributed by atoms with van der Waals surface area (Å²) in [5, 5.41) is 10.9. The number of methoxy groups -OCH3 is 1. The van der Waals surface area contributed by atoms with Gasteiger partial charge in [0.15, 0.2) is 17.2 Å². The number of hydrogen-bond donors (Lipinski definition) is 0. The van der Waals surface area contributed by atoms with Crippen molar-refractivity contribution in [1.29, 1.82) is 0 Å². The largest absolute Gasteiger partial charge is 0.493 e. The van der Waals surface area contributed by atoms with E-state index in [9.17, 15) is 19.7 Å². The van der Waals surface area contributed by atoms with Crippen molar-refractivity contribution < 1.29 is 28.7 Å². The number of carbonyl (C=O) groups excluding carboxylic acids is 2. The van der Waals surface area contributed by atoms with E-state index in [0.29, 0.717) is 22.6 Å². The Hall–Kier alpha value is -4.01. The van der Waals surface area contributed by atoms with Crippen LogP contribution in [0.2, 0.25) is 0 Å². The van der Waals surface area contributed by atoms with Crippen LogP contribution in [-0.2, 0) is 14.3 Å². The van der Waals surface area contributed by atoms with Gasteiger partial charge in [-0.15, -0.1) is 0 Å².